The fraction of sp³-hybridized carbons (Fsp3) is 0.905. The molecule has 0 aromatic carbocycles. The van der Waals surface area contributed by atoms with Gasteiger partial charge in [0.25, 0.3) is 0 Å². The number of Topliss-reactive ketones (excluding diaryl/α,β-unsaturated/α-hetero) is 1. The summed E-state index contributed by atoms with van der Waals surface area (Å²) in [5.74, 6) is 3.83. The van der Waals surface area contributed by atoms with E-state index in [9.17, 15) is 9.59 Å². The van der Waals surface area contributed by atoms with Crippen molar-refractivity contribution in [2.75, 3.05) is 0 Å². The van der Waals surface area contributed by atoms with Crippen LogP contribution < -0.4 is 0 Å². The van der Waals surface area contributed by atoms with E-state index in [1.807, 2.05) is 0 Å². The highest BCUT2D eigenvalue weighted by atomic mass is 16.5. The summed E-state index contributed by atoms with van der Waals surface area (Å²) in [5, 5.41) is 0. The van der Waals surface area contributed by atoms with E-state index in [-0.39, 0.29) is 11.8 Å². The number of hydrogen-bond acceptors (Lipinski definition) is 3. The molecular formula is C21H34O3. The number of hydrogen-bond donors (Lipinski definition) is 0. The van der Waals surface area contributed by atoms with Gasteiger partial charge in [0.15, 0.2) is 11.9 Å². The Kier molecular flexibility index (Phi) is 4.83. The maximum Gasteiger partial charge on any atom is 0.303 e. The Balaban J connectivity index is 1.82. The Labute approximate surface area is 146 Å². The predicted molar refractivity (Wildman–Crippen MR) is 94.3 cm³/mol. The van der Waals surface area contributed by atoms with Crippen LogP contribution in [-0.2, 0) is 14.3 Å². The molecule has 2 unspecified atom stereocenters. The Morgan fingerprint density at radius 3 is 2.58 bits per heavy atom. The Bertz CT molecular complexity index is 513. The maximum atomic E-state index is 12.4. The van der Waals surface area contributed by atoms with Gasteiger partial charge in [-0.25, -0.2) is 0 Å². The first-order valence-electron chi connectivity index (χ1n) is 9.96. The van der Waals surface area contributed by atoms with Crippen molar-refractivity contribution in [1.82, 2.24) is 0 Å². The summed E-state index contributed by atoms with van der Waals surface area (Å²) in [6.07, 6.45) is 5.93. The molecule has 3 fully saturated rings. The molecular weight excluding hydrogens is 300 g/mol. The molecule has 0 amide bonds. The van der Waals surface area contributed by atoms with E-state index in [4.69, 9.17) is 4.74 Å². The van der Waals surface area contributed by atoms with E-state index in [0.29, 0.717) is 35.5 Å². The minimum atomic E-state index is -0.479. The second-order valence-corrected chi connectivity index (χ2v) is 9.22. The molecule has 0 saturated heterocycles. The van der Waals surface area contributed by atoms with Gasteiger partial charge in [-0.1, -0.05) is 34.1 Å². The number of esters is 1. The first kappa shape index (κ1) is 17.9. The molecule has 0 radical (unpaired) electrons. The lowest BCUT2D eigenvalue weighted by atomic mass is 9.47. The zero-order valence-electron chi connectivity index (χ0n) is 16.0. The van der Waals surface area contributed by atoms with Gasteiger partial charge in [0, 0.05) is 13.3 Å². The second-order valence-electron chi connectivity index (χ2n) is 9.22. The molecule has 0 bridgehead atoms. The SMILES string of the molecule is CC[C@@]1(C)CC[C@@H]2[C@H]3CC(OC(C)=O)C(=O)C[C@@H]3C[C@@H](C)[C@H]2C1C. The normalized spacial score (nSPS) is 48.4. The van der Waals surface area contributed by atoms with Crippen molar-refractivity contribution >= 4 is 11.8 Å². The Hall–Kier alpha value is -0.860. The van der Waals surface area contributed by atoms with Gasteiger partial charge in [-0.05, 0) is 66.6 Å². The molecule has 3 rings (SSSR count). The van der Waals surface area contributed by atoms with Crippen LogP contribution in [0.25, 0.3) is 0 Å². The van der Waals surface area contributed by atoms with Gasteiger partial charge in [-0.2, -0.15) is 0 Å². The van der Waals surface area contributed by atoms with Crippen molar-refractivity contribution in [3.05, 3.63) is 0 Å². The quantitative estimate of drug-likeness (QED) is 0.691. The van der Waals surface area contributed by atoms with Gasteiger partial charge in [0.1, 0.15) is 0 Å². The van der Waals surface area contributed by atoms with Crippen molar-refractivity contribution < 1.29 is 14.3 Å². The molecule has 0 aromatic heterocycles. The van der Waals surface area contributed by atoms with E-state index < -0.39 is 6.10 Å². The molecule has 3 aliphatic rings. The van der Waals surface area contributed by atoms with E-state index in [2.05, 4.69) is 27.7 Å². The molecule has 24 heavy (non-hydrogen) atoms. The molecule has 3 heteroatoms. The van der Waals surface area contributed by atoms with Crippen molar-refractivity contribution in [2.45, 2.75) is 79.2 Å². The number of ketones is 1. The van der Waals surface area contributed by atoms with E-state index in [0.717, 1.165) is 18.3 Å². The standard InChI is InChI=1S/C21H34O3/c1-6-21(5)8-7-16-17-11-19(24-14(4)22)18(23)10-15(17)9-12(2)20(16)13(21)3/h12-13,15-17,19-20H,6-11H2,1-5H3/t12-,13?,15+,16-,17+,19?,20+,21+/m1/s1. The largest absolute Gasteiger partial charge is 0.455 e. The average molecular weight is 335 g/mol. The molecule has 136 valence electrons. The monoisotopic (exact) mass is 334 g/mol. The van der Waals surface area contributed by atoms with Crippen molar-refractivity contribution in [3.63, 3.8) is 0 Å². The van der Waals surface area contributed by atoms with Gasteiger partial charge >= 0.3 is 5.97 Å². The minimum absolute atomic E-state index is 0.152. The van der Waals surface area contributed by atoms with E-state index in [1.54, 1.807) is 0 Å². The van der Waals surface area contributed by atoms with Crippen molar-refractivity contribution in [3.8, 4) is 0 Å². The fourth-order valence-electron chi connectivity index (χ4n) is 6.51. The molecule has 3 nitrogen and oxygen atoms in total. The van der Waals surface area contributed by atoms with Gasteiger partial charge in [-0.15, -0.1) is 0 Å². The van der Waals surface area contributed by atoms with E-state index >= 15 is 0 Å². The van der Waals surface area contributed by atoms with Crippen molar-refractivity contribution in [2.24, 2.45) is 40.9 Å². The van der Waals surface area contributed by atoms with Crippen LogP contribution >= 0.6 is 0 Å². The highest BCUT2D eigenvalue weighted by Gasteiger charge is 2.54. The number of rotatable bonds is 2. The predicted octanol–water partition coefficient (Wildman–Crippen LogP) is 4.63. The highest BCUT2D eigenvalue weighted by Crippen LogP contribution is 2.59. The van der Waals surface area contributed by atoms with Gasteiger partial charge < -0.3 is 4.74 Å². The van der Waals surface area contributed by atoms with Crippen LogP contribution in [0.4, 0.5) is 0 Å². The fourth-order valence-corrected chi connectivity index (χ4v) is 6.51. The summed E-state index contributed by atoms with van der Waals surface area (Å²) in [6, 6.07) is 0. The lowest BCUT2D eigenvalue weighted by Crippen LogP contribution is -2.53. The van der Waals surface area contributed by atoms with Crippen LogP contribution in [0.15, 0.2) is 0 Å². The zero-order chi connectivity index (χ0) is 17.6. The second kappa shape index (κ2) is 6.46. The summed E-state index contributed by atoms with van der Waals surface area (Å²) < 4.78 is 5.36. The van der Waals surface area contributed by atoms with Crippen molar-refractivity contribution in [1.29, 1.82) is 0 Å². The van der Waals surface area contributed by atoms with Gasteiger partial charge in [0.05, 0.1) is 0 Å². The topological polar surface area (TPSA) is 43.4 Å². The van der Waals surface area contributed by atoms with Crippen LogP contribution in [-0.4, -0.2) is 17.9 Å². The number of carbonyl (C=O) groups excluding carboxylic acids is 2. The molecule has 0 aromatic rings. The van der Waals surface area contributed by atoms with Crippen LogP contribution in [0.2, 0.25) is 0 Å². The first-order chi connectivity index (χ1) is 11.3. The van der Waals surface area contributed by atoms with Gasteiger partial charge in [0.2, 0.25) is 0 Å². The molecule has 3 aliphatic carbocycles. The molecule has 0 heterocycles. The van der Waals surface area contributed by atoms with Crippen LogP contribution in [0.5, 0.6) is 0 Å². The Morgan fingerprint density at radius 2 is 1.96 bits per heavy atom. The smallest absolute Gasteiger partial charge is 0.303 e. The number of carbonyl (C=O) groups is 2. The number of ether oxygens (including phenoxy) is 1. The zero-order valence-corrected chi connectivity index (χ0v) is 16.0. The third-order valence-electron chi connectivity index (χ3n) is 8.13. The Morgan fingerprint density at radius 1 is 1.25 bits per heavy atom. The first-order valence-corrected chi connectivity index (χ1v) is 9.96. The van der Waals surface area contributed by atoms with Crippen LogP contribution in [0.1, 0.15) is 73.1 Å². The third kappa shape index (κ3) is 2.93. The molecule has 3 saturated carbocycles. The molecule has 0 spiro atoms. The minimum Gasteiger partial charge on any atom is -0.455 e. The maximum absolute atomic E-state index is 12.4. The summed E-state index contributed by atoms with van der Waals surface area (Å²) in [7, 11) is 0. The van der Waals surface area contributed by atoms with Crippen LogP contribution in [0, 0.1) is 40.9 Å². The van der Waals surface area contributed by atoms with Crippen LogP contribution in [0.3, 0.4) is 0 Å². The summed E-state index contributed by atoms with van der Waals surface area (Å²) in [6.45, 7) is 11.1. The molecule has 0 aliphatic heterocycles. The lowest BCUT2D eigenvalue weighted by molar-refractivity contribution is -0.163. The number of fused-ring (bicyclic) bond motifs is 3. The summed E-state index contributed by atoms with van der Waals surface area (Å²) >= 11 is 0. The lowest BCUT2D eigenvalue weighted by Gasteiger charge is -2.58. The van der Waals surface area contributed by atoms with Gasteiger partial charge in [-0.3, -0.25) is 9.59 Å². The molecule has 0 N–H and O–H groups in total. The summed E-state index contributed by atoms with van der Waals surface area (Å²) in [4.78, 5) is 23.7. The van der Waals surface area contributed by atoms with E-state index in [1.165, 1.54) is 32.6 Å². The highest BCUT2D eigenvalue weighted by molar-refractivity contribution is 5.86. The summed E-state index contributed by atoms with van der Waals surface area (Å²) in [5.41, 5.74) is 0.460. The molecule has 8 atom stereocenters. The average Bonchev–Trinajstić information content (AvgIpc) is 2.51. The third-order valence-corrected chi connectivity index (χ3v) is 8.13.